The summed E-state index contributed by atoms with van der Waals surface area (Å²) in [5.74, 6) is -0.608. The highest BCUT2D eigenvalue weighted by Crippen LogP contribution is 2.12. The summed E-state index contributed by atoms with van der Waals surface area (Å²) in [6.45, 7) is 0.238. The first-order valence-corrected chi connectivity index (χ1v) is 6.64. The van der Waals surface area contributed by atoms with E-state index in [1.54, 1.807) is 24.1 Å². The molecule has 1 aromatic rings. The lowest BCUT2D eigenvalue weighted by molar-refractivity contribution is -0.140. The van der Waals surface area contributed by atoms with Crippen LogP contribution in [0.5, 0.6) is 0 Å². The molecule has 7 nitrogen and oxygen atoms in total. The van der Waals surface area contributed by atoms with E-state index in [-0.39, 0.29) is 25.4 Å². The summed E-state index contributed by atoms with van der Waals surface area (Å²) in [5.41, 5.74) is 0. The molecule has 1 heterocycles. The van der Waals surface area contributed by atoms with E-state index < -0.39 is 12.1 Å². The van der Waals surface area contributed by atoms with Gasteiger partial charge in [0.25, 0.3) is 0 Å². The second kappa shape index (κ2) is 8.43. The van der Waals surface area contributed by atoms with Crippen LogP contribution in [0.1, 0.15) is 6.42 Å². The predicted molar refractivity (Wildman–Crippen MR) is 78.6 cm³/mol. The van der Waals surface area contributed by atoms with Crippen molar-refractivity contribution in [2.45, 2.75) is 12.5 Å². The lowest BCUT2D eigenvalue weighted by Gasteiger charge is -2.19. The number of nitrogens with one attached hydrogen (secondary N) is 1. The quantitative estimate of drug-likeness (QED) is 0.736. The summed E-state index contributed by atoms with van der Waals surface area (Å²) in [5, 5.41) is 11.8. The third kappa shape index (κ3) is 6.42. The molecule has 0 aliphatic heterocycles. The Kier molecular flexibility index (Phi) is 6.90. The van der Waals surface area contributed by atoms with E-state index in [1.165, 1.54) is 13.3 Å². The Hall–Kier alpha value is -1.86. The molecule has 0 fully saturated rings. The van der Waals surface area contributed by atoms with Crippen LogP contribution in [0.2, 0.25) is 5.02 Å². The molecular weight excluding hydrogens is 298 g/mol. The molecule has 0 spiro atoms. The minimum Gasteiger partial charge on any atom is -0.481 e. The van der Waals surface area contributed by atoms with Gasteiger partial charge in [0.2, 0.25) is 5.91 Å². The molecule has 1 unspecified atom stereocenters. The zero-order valence-electron chi connectivity index (χ0n) is 11.9. The highest BCUT2D eigenvalue weighted by atomic mass is 35.5. The Morgan fingerprint density at radius 1 is 1.52 bits per heavy atom. The number of amides is 1. The number of carbonyl (C=O) groups excluding carboxylic acids is 1. The van der Waals surface area contributed by atoms with E-state index in [1.807, 2.05) is 0 Å². The summed E-state index contributed by atoms with van der Waals surface area (Å²) < 4.78 is 4.98. The summed E-state index contributed by atoms with van der Waals surface area (Å²) in [6.07, 6.45) is 0.787. The minimum absolute atomic E-state index is 0.0954. The maximum Gasteiger partial charge on any atom is 0.306 e. The van der Waals surface area contributed by atoms with Gasteiger partial charge < -0.3 is 20.1 Å². The lowest BCUT2D eigenvalue weighted by Crippen LogP contribution is -2.40. The zero-order chi connectivity index (χ0) is 15.8. The van der Waals surface area contributed by atoms with Crippen molar-refractivity contribution in [3.05, 3.63) is 23.4 Å². The number of carbonyl (C=O) groups is 2. The molecular formula is C13H18ClN3O4. The number of pyridine rings is 1. The third-order valence-corrected chi connectivity index (χ3v) is 2.97. The minimum atomic E-state index is -0.974. The molecule has 0 aromatic carbocycles. The standard InChI is InChI=1S/C13H18ClN3O4/c1-17(11-4-3-9(14)6-15-11)8-12(18)16-7-10(21-2)5-13(19)20/h3-4,6,10H,5,7-8H2,1-2H3,(H,16,18)(H,19,20). The summed E-state index contributed by atoms with van der Waals surface area (Å²) in [6, 6.07) is 3.39. The molecule has 1 amide bonds. The molecule has 21 heavy (non-hydrogen) atoms. The van der Waals surface area contributed by atoms with Crippen molar-refractivity contribution in [2.75, 3.05) is 32.1 Å². The molecule has 0 saturated heterocycles. The number of hydrogen-bond donors (Lipinski definition) is 2. The fourth-order valence-corrected chi connectivity index (χ4v) is 1.72. The third-order valence-electron chi connectivity index (χ3n) is 2.75. The van der Waals surface area contributed by atoms with Crippen LogP contribution in [-0.4, -0.2) is 55.3 Å². The highest BCUT2D eigenvalue weighted by molar-refractivity contribution is 6.30. The van der Waals surface area contributed by atoms with Crippen LogP contribution in [0.3, 0.4) is 0 Å². The maximum atomic E-state index is 11.8. The Morgan fingerprint density at radius 2 is 2.24 bits per heavy atom. The Labute approximate surface area is 127 Å². The van der Waals surface area contributed by atoms with Crippen molar-refractivity contribution in [3.63, 3.8) is 0 Å². The summed E-state index contributed by atoms with van der Waals surface area (Å²) >= 11 is 5.74. The normalized spacial score (nSPS) is 11.8. The molecule has 1 rings (SSSR count). The fraction of sp³-hybridized carbons (Fsp3) is 0.462. The van der Waals surface area contributed by atoms with Crippen LogP contribution in [0, 0.1) is 0 Å². The average Bonchev–Trinajstić information content (AvgIpc) is 2.43. The molecule has 0 aliphatic carbocycles. The van der Waals surface area contributed by atoms with E-state index in [9.17, 15) is 9.59 Å². The van der Waals surface area contributed by atoms with Gasteiger partial charge >= 0.3 is 5.97 Å². The number of rotatable bonds is 8. The SMILES string of the molecule is COC(CNC(=O)CN(C)c1ccc(Cl)cn1)CC(=O)O. The van der Waals surface area contributed by atoms with Gasteiger partial charge in [0.15, 0.2) is 0 Å². The second-order valence-corrected chi connectivity index (χ2v) is 4.89. The average molecular weight is 316 g/mol. The topological polar surface area (TPSA) is 91.8 Å². The molecule has 0 radical (unpaired) electrons. The number of ether oxygens (including phenoxy) is 1. The molecule has 2 N–H and O–H groups in total. The van der Waals surface area contributed by atoms with Gasteiger partial charge in [-0.3, -0.25) is 9.59 Å². The Morgan fingerprint density at radius 3 is 2.76 bits per heavy atom. The maximum absolute atomic E-state index is 11.8. The molecule has 116 valence electrons. The van der Waals surface area contributed by atoms with Crippen molar-refractivity contribution in [1.29, 1.82) is 0 Å². The van der Waals surface area contributed by atoms with Gasteiger partial charge in [0.05, 0.1) is 24.1 Å². The van der Waals surface area contributed by atoms with Crippen LogP contribution < -0.4 is 10.2 Å². The smallest absolute Gasteiger partial charge is 0.306 e. The van der Waals surface area contributed by atoms with E-state index in [0.29, 0.717) is 10.8 Å². The fourth-order valence-electron chi connectivity index (χ4n) is 1.61. The Balaban J connectivity index is 2.42. The number of carboxylic acids is 1. The van der Waals surface area contributed by atoms with Gasteiger partial charge in [-0.1, -0.05) is 11.6 Å². The van der Waals surface area contributed by atoms with Crippen molar-refractivity contribution in [3.8, 4) is 0 Å². The van der Waals surface area contributed by atoms with Gasteiger partial charge in [0.1, 0.15) is 5.82 Å². The molecule has 1 atom stereocenters. The summed E-state index contributed by atoms with van der Waals surface area (Å²) in [4.78, 5) is 28.1. The van der Waals surface area contributed by atoms with Gasteiger partial charge in [-0.2, -0.15) is 0 Å². The van der Waals surface area contributed by atoms with E-state index in [2.05, 4.69) is 10.3 Å². The van der Waals surface area contributed by atoms with E-state index in [4.69, 9.17) is 21.4 Å². The van der Waals surface area contributed by atoms with Crippen molar-refractivity contribution < 1.29 is 19.4 Å². The highest BCUT2D eigenvalue weighted by Gasteiger charge is 2.14. The number of aliphatic carboxylic acids is 1. The molecule has 1 aromatic heterocycles. The number of aromatic nitrogens is 1. The number of halogens is 1. The van der Waals surface area contributed by atoms with Crippen LogP contribution in [0.25, 0.3) is 0 Å². The van der Waals surface area contributed by atoms with E-state index in [0.717, 1.165) is 0 Å². The molecule has 0 saturated carbocycles. The van der Waals surface area contributed by atoms with Gasteiger partial charge in [-0.25, -0.2) is 4.98 Å². The van der Waals surface area contributed by atoms with Crippen molar-refractivity contribution in [1.82, 2.24) is 10.3 Å². The van der Waals surface area contributed by atoms with Crippen LogP contribution in [0.4, 0.5) is 5.82 Å². The lowest BCUT2D eigenvalue weighted by atomic mass is 10.2. The Bertz CT molecular complexity index is 481. The van der Waals surface area contributed by atoms with Gasteiger partial charge in [-0.15, -0.1) is 0 Å². The first-order valence-electron chi connectivity index (χ1n) is 6.26. The molecule has 0 aliphatic rings. The van der Waals surface area contributed by atoms with Crippen molar-refractivity contribution >= 4 is 29.3 Å². The number of likely N-dealkylation sites (N-methyl/N-ethyl adjacent to an activating group) is 1. The summed E-state index contributed by atoms with van der Waals surface area (Å²) in [7, 11) is 3.13. The first kappa shape index (κ1) is 17.2. The number of methoxy groups -OCH3 is 1. The molecule has 0 bridgehead atoms. The van der Waals surface area contributed by atoms with Gasteiger partial charge in [0, 0.05) is 26.9 Å². The second-order valence-electron chi connectivity index (χ2n) is 4.45. The number of hydrogen-bond acceptors (Lipinski definition) is 5. The van der Waals surface area contributed by atoms with Crippen LogP contribution in [-0.2, 0) is 14.3 Å². The number of anilines is 1. The first-order chi connectivity index (χ1) is 9.92. The largest absolute Gasteiger partial charge is 0.481 e. The van der Waals surface area contributed by atoms with Crippen molar-refractivity contribution in [2.24, 2.45) is 0 Å². The van der Waals surface area contributed by atoms with E-state index >= 15 is 0 Å². The zero-order valence-corrected chi connectivity index (χ0v) is 12.6. The van der Waals surface area contributed by atoms with Gasteiger partial charge in [-0.05, 0) is 12.1 Å². The van der Waals surface area contributed by atoms with Crippen LogP contribution >= 0.6 is 11.6 Å². The van der Waals surface area contributed by atoms with Crippen LogP contribution in [0.15, 0.2) is 18.3 Å². The number of carboxylic acid groups (broad SMARTS) is 1. The molecule has 8 heteroatoms. The number of nitrogens with zero attached hydrogens (tertiary/aromatic N) is 2. The monoisotopic (exact) mass is 315 g/mol. The predicted octanol–water partition coefficient (Wildman–Crippen LogP) is 0.777.